The number of likely N-dealkylation sites (tertiary alicyclic amines) is 1. The lowest BCUT2D eigenvalue weighted by Gasteiger charge is -2.41. The third-order valence-corrected chi connectivity index (χ3v) is 4.81. The number of amides is 2. The van der Waals surface area contributed by atoms with Crippen LogP contribution in [0.2, 0.25) is 0 Å². The van der Waals surface area contributed by atoms with E-state index >= 15 is 0 Å². The Kier molecular flexibility index (Phi) is 6.73. The Hall–Kier alpha value is -1.95. The number of likely N-dealkylation sites (N-methyl/N-ethyl adjacent to an activating group) is 1. The number of carbonyl (C=O) groups is 2. The zero-order valence-electron chi connectivity index (χ0n) is 14.7. The second-order valence-corrected chi connectivity index (χ2v) is 6.52. The van der Waals surface area contributed by atoms with E-state index in [1.807, 2.05) is 17.2 Å². The summed E-state index contributed by atoms with van der Waals surface area (Å²) in [4.78, 5) is 30.8. The Labute approximate surface area is 144 Å². The molecule has 1 aromatic rings. The molecule has 0 aliphatic carbocycles. The van der Waals surface area contributed by atoms with E-state index in [4.69, 9.17) is 0 Å². The maximum atomic E-state index is 12.6. The molecule has 0 radical (unpaired) electrons. The van der Waals surface area contributed by atoms with Crippen molar-refractivity contribution in [2.45, 2.75) is 32.1 Å². The smallest absolute Gasteiger partial charge is 0.236 e. The minimum Gasteiger partial charge on any atom is -0.359 e. The minimum atomic E-state index is -0.474. The molecule has 6 heteroatoms. The Morgan fingerprint density at radius 2 is 2.21 bits per heavy atom. The summed E-state index contributed by atoms with van der Waals surface area (Å²) in [6.45, 7) is 1.57. The van der Waals surface area contributed by atoms with E-state index in [2.05, 4.69) is 21.7 Å². The number of rotatable bonds is 7. The van der Waals surface area contributed by atoms with Crippen molar-refractivity contribution >= 4 is 11.8 Å². The third-order valence-electron chi connectivity index (χ3n) is 4.81. The van der Waals surface area contributed by atoms with Crippen molar-refractivity contribution < 1.29 is 9.59 Å². The van der Waals surface area contributed by atoms with Crippen molar-refractivity contribution in [3.05, 3.63) is 30.1 Å². The number of pyridine rings is 1. The molecule has 1 aromatic heterocycles. The highest BCUT2D eigenvalue weighted by Gasteiger charge is 2.42. The van der Waals surface area contributed by atoms with Gasteiger partial charge < -0.3 is 15.5 Å². The fourth-order valence-corrected chi connectivity index (χ4v) is 3.55. The molecule has 1 unspecified atom stereocenters. The van der Waals surface area contributed by atoms with Crippen LogP contribution in [-0.2, 0) is 16.0 Å². The molecule has 0 saturated carbocycles. The summed E-state index contributed by atoms with van der Waals surface area (Å²) in [6.07, 6.45) is 7.94. The first-order chi connectivity index (χ1) is 11.6. The van der Waals surface area contributed by atoms with Crippen LogP contribution >= 0.6 is 0 Å². The monoisotopic (exact) mass is 332 g/mol. The largest absolute Gasteiger partial charge is 0.359 e. The van der Waals surface area contributed by atoms with E-state index in [1.54, 1.807) is 20.3 Å². The molecule has 0 spiro atoms. The highest BCUT2D eigenvalue weighted by atomic mass is 16.2. The zero-order chi connectivity index (χ0) is 17.4. The van der Waals surface area contributed by atoms with Gasteiger partial charge in [0.05, 0.1) is 12.0 Å². The van der Waals surface area contributed by atoms with Crippen molar-refractivity contribution in [2.24, 2.45) is 5.41 Å². The maximum absolute atomic E-state index is 12.6. The van der Waals surface area contributed by atoms with E-state index in [-0.39, 0.29) is 11.8 Å². The highest BCUT2D eigenvalue weighted by Crippen LogP contribution is 2.35. The molecular weight excluding hydrogens is 304 g/mol. The molecule has 6 nitrogen and oxygen atoms in total. The van der Waals surface area contributed by atoms with Crippen LogP contribution in [0.3, 0.4) is 0 Å². The Morgan fingerprint density at radius 1 is 1.38 bits per heavy atom. The Morgan fingerprint density at radius 3 is 2.88 bits per heavy atom. The van der Waals surface area contributed by atoms with Gasteiger partial charge >= 0.3 is 0 Å². The molecule has 1 aliphatic rings. The molecule has 1 aliphatic heterocycles. The van der Waals surface area contributed by atoms with Crippen molar-refractivity contribution in [1.82, 2.24) is 20.5 Å². The van der Waals surface area contributed by atoms with Gasteiger partial charge in [0.1, 0.15) is 0 Å². The van der Waals surface area contributed by atoms with Gasteiger partial charge in [0, 0.05) is 32.5 Å². The van der Waals surface area contributed by atoms with Crippen LogP contribution in [0.4, 0.5) is 0 Å². The Balaban J connectivity index is 2.02. The number of hydrogen-bond acceptors (Lipinski definition) is 4. The van der Waals surface area contributed by atoms with E-state index in [1.165, 1.54) is 5.56 Å². The maximum Gasteiger partial charge on any atom is 0.236 e. The molecule has 0 aromatic carbocycles. The lowest BCUT2D eigenvalue weighted by Crippen LogP contribution is -2.54. The average molecular weight is 332 g/mol. The van der Waals surface area contributed by atoms with Gasteiger partial charge in [0.15, 0.2) is 0 Å². The molecule has 24 heavy (non-hydrogen) atoms. The van der Waals surface area contributed by atoms with Gasteiger partial charge in [0.2, 0.25) is 11.8 Å². The molecule has 2 rings (SSSR count). The molecule has 2 amide bonds. The SMILES string of the molecule is CNCC(=O)N1CCCC(CCCc2cccnc2)(C(=O)NC)C1. The van der Waals surface area contributed by atoms with Gasteiger partial charge in [-0.2, -0.15) is 0 Å². The number of nitrogens with one attached hydrogen (secondary N) is 2. The summed E-state index contributed by atoms with van der Waals surface area (Å²) in [6, 6.07) is 3.99. The topological polar surface area (TPSA) is 74.3 Å². The lowest BCUT2D eigenvalue weighted by atomic mass is 9.74. The fourth-order valence-electron chi connectivity index (χ4n) is 3.55. The van der Waals surface area contributed by atoms with E-state index < -0.39 is 5.41 Å². The predicted octanol–water partition coefficient (Wildman–Crippen LogP) is 0.978. The van der Waals surface area contributed by atoms with Crippen LogP contribution in [0, 0.1) is 5.41 Å². The summed E-state index contributed by atoms with van der Waals surface area (Å²) in [5.74, 6) is 0.119. The predicted molar refractivity (Wildman–Crippen MR) is 93.4 cm³/mol. The van der Waals surface area contributed by atoms with Gasteiger partial charge in [-0.3, -0.25) is 14.6 Å². The van der Waals surface area contributed by atoms with Crippen molar-refractivity contribution in [3.8, 4) is 0 Å². The highest BCUT2D eigenvalue weighted by molar-refractivity contribution is 5.84. The second kappa shape index (κ2) is 8.78. The van der Waals surface area contributed by atoms with Crippen LogP contribution in [0.1, 0.15) is 31.2 Å². The summed E-state index contributed by atoms with van der Waals surface area (Å²) in [5.41, 5.74) is 0.710. The fraction of sp³-hybridized carbons (Fsp3) is 0.611. The second-order valence-electron chi connectivity index (χ2n) is 6.52. The molecule has 1 saturated heterocycles. The summed E-state index contributed by atoms with van der Waals surface area (Å²) >= 11 is 0. The molecule has 2 heterocycles. The molecular formula is C18H28N4O2. The van der Waals surface area contributed by atoms with Crippen molar-refractivity contribution in [3.63, 3.8) is 0 Å². The number of aromatic nitrogens is 1. The van der Waals surface area contributed by atoms with Crippen LogP contribution in [-0.4, -0.2) is 55.4 Å². The van der Waals surface area contributed by atoms with Crippen molar-refractivity contribution in [1.29, 1.82) is 0 Å². The van der Waals surface area contributed by atoms with E-state index in [0.717, 1.165) is 38.6 Å². The standard InChI is InChI=1S/C18H28N4O2/c1-19-13-16(23)22-11-5-9-18(14-22,17(24)20-2)8-3-6-15-7-4-10-21-12-15/h4,7,10,12,19H,3,5-6,8-9,11,13-14H2,1-2H3,(H,20,24). The number of nitrogens with zero attached hydrogens (tertiary/aromatic N) is 2. The third kappa shape index (κ3) is 4.54. The molecule has 1 atom stereocenters. The molecule has 1 fully saturated rings. The number of hydrogen-bond donors (Lipinski definition) is 2. The average Bonchev–Trinajstić information content (AvgIpc) is 2.62. The number of carbonyl (C=O) groups excluding carboxylic acids is 2. The van der Waals surface area contributed by atoms with Gasteiger partial charge in [-0.05, 0) is 50.8 Å². The summed E-state index contributed by atoms with van der Waals surface area (Å²) in [7, 11) is 3.45. The Bertz CT molecular complexity index is 549. The number of aryl methyl sites for hydroxylation is 1. The first-order valence-electron chi connectivity index (χ1n) is 8.65. The van der Waals surface area contributed by atoms with Gasteiger partial charge in [-0.15, -0.1) is 0 Å². The summed E-state index contributed by atoms with van der Waals surface area (Å²) < 4.78 is 0. The van der Waals surface area contributed by atoms with E-state index in [9.17, 15) is 9.59 Å². The number of piperidine rings is 1. The van der Waals surface area contributed by atoms with Crippen LogP contribution in [0.5, 0.6) is 0 Å². The van der Waals surface area contributed by atoms with Crippen molar-refractivity contribution in [2.75, 3.05) is 33.7 Å². The first kappa shape index (κ1) is 18.4. The first-order valence-corrected chi connectivity index (χ1v) is 8.65. The molecule has 132 valence electrons. The summed E-state index contributed by atoms with van der Waals surface area (Å²) in [5, 5.41) is 5.71. The van der Waals surface area contributed by atoms with E-state index in [0.29, 0.717) is 13.1 Å². The van der Waals surface area contributed by atoms with Gasteiger partial charge in [-0.1, -0.05) is 6.07 Å². The quantitative estimate of drug-likeness (QED) is 0.780. The molecule has 2 N–H and O–H groups in total. The zero-order valence-corrected chi connectivity index (χ0v) is 14.7. The van der Waals surface area contributed by atoms with Crippen LogP contribution in [0.25, 0.3) is 0 Å². The normalized spacial score (nSPS) is 20.7. The lowest BCUT2D eigenvalue weighted by molar-refractivity contribution is -0.141. The van der Waals surface area contributed by atoms with Crippen LogP contribution < -0.4 is 10.6 Å². The molecule has 0 bridgehead atoms. The minimum absolute atomic E-state index is 0.0515. The van der Waals surface area contributed by atoms with Gasteiger partial charge in [-0.25, -0.2) is 0 Å². The van der Waals surface area contributed by atoms with Gasteiger partial charge in [0.25, 0.3) is 0 Å². The van der Waals surface area contributed by atoms with Crippen LogP contribution in [0.15, 0.2) is 24.5 Å².